The number of hydrogen-bond acceptors (Lipinski definition) is 6. The Morgan fingerprint density at radius 3 is 2.63 bits per heavy atom. The SMILES string of the molecule is COCC(=O)N[C@@H](CC/C=C/C(=O)N(C)C)C(=O)Nc1cccn(Cc2cc3cccc(OCc4ccc(F)cc4F)c3[nH]2)c1=O. The van der Waals surface area contributed by atoms with Gasteiger partial charge in [-0.25, -0.2) is 8.78 Å². The fourth-order valence-electron chi connectivity index (χ4n) is 4.58. The van der Waals surface area contributed by atoms with Crippen LogP contribution in [0, 0.1) is 11.6 Å². The number of pyridine rings is 1. The number of methoxy groups -OCH3 is 1. The van der Waals surface area contributed by atoms with Crippen molar-refractivity contribution in [2.75, 3.05) is 33.1 Å². The van der Waals surface area contributed by atoms with Gasteiger partial charge >= 0.3 is 0 Å². The molecule has 4 aromatic rings. The molecule has 2 aromatic carbocycles. The standard InChI is InChI=1S/C33H35F2N5O6/c1-39(2)30(42)12-5-4-9-26(37-29(41)20-45-3)32(43)38-27-10-7-15-40(33(27)44)18-24-16-21-8-6-11-28(31(21)36-24)46-19-22-13-14-23(34)17-25(22)35/h5-8,10-17,26,36H,4,9,18-20H2,1-3H3,(H,37,41)(H,38,43)/b12-5+/t26-/m0/s1. The van der Waals surface area contributed by atoms with Crippen LogP contribution >= 0.6 is 0 Å². The summed E-state index contributed by atoms with van der Waals surface area (Å²) in [7, 11) is 4.59. The summed E-state index contributed by atoms with van der Waals surface area (Å²) in [6.45, 7) is -0.239. The molecule has 3 N–H and O–H groups in total. The average Bonchev–Trinajstić information content (AvgIpc) is 3.43. The maximum atomic E-state index is 14.1. The van der Waals surface area contributed by atoms with Gasteiger partial charge in [0.1, 0.15) is 42.3 Å². The molecule has 46 heavy (non-hydrogen) atoms. The van der Waals surface area contributed by atoms with Crippen molar-refractivity contribution >= 4 is 34.3 Å². The molecule has 0 saturated heterocycles. The van der Waals surface area contributed by atoms with Crippen LogP contribution in [0.3, 0.4) is 0 Å². The zero-order valence-corrected chi connectivity index (χ0v) is 25.6. The highest BCUT2D eigenvalue weighted by molar-refractivity contribution is 5.97. The van der Waals surface area contributed by atoms with Crippen molar-refractivity contribution in [3.8, 4) is 5.75 Å². The molecule has 0 bridgehead atoms. The molecular weight excluding hydrogens is 600 g/mol. The first kappa shape index (κ1) is 33.6. The topological polar surface area (TPSA) is 135 Å². The Labute approximate surface area is 263 Å². The van der Waals surface area contributed by atoms with Gasteiger partial charge in [-0.3, -0.25) is 19.2 Å². The molecule has 0 saturated carbocycles. The number of halogens is 2. The predicted molar refractivity (Wildman–Crippen MR) is 168 cm³/mol. The molecule has 4 rings (SSSR count). The lowest BCUT2D eigenvalue weighted by molar-refractivity contribution is -0.129. The van der Waals surface area contributed by atoms with Crippen molar-refractivity contribution in [2.45, 2.75) is 32.0 Å². The Kier molecular flexibility index (Phi) is 11.4. The van der Waals surface area contributed by atoms with E-state index in [1.807, 2.05) is 12.1 Å². The van der Waals surface area contributed by atoms with Crippen molar-refractivity contribution in [3.05, 3.63) is 106 Å². The van der Waals surface area contributed by atoms with E-state index < -0.39 is 35.0 Å². The predicted octanol–water partition coefficient (Wildman–Crippen LogP) is 3.73. The van der Waals surface area contributed by atoms with Crippen LogP contribution in [-0.4, -0.2) is 66.0 Å². The lowest BCUT2D eigenvalue weighted by atomic mass is 10.1. The zero-order chi connectivity index (χ0) is 33.2. The van der Waals surface area contributed by atoms with Gasteiger partial charge in [-0.05, 0) is 55.3 Å². The van der Waals surface area contributed by atoms with E-state index in [4.69, 9.17) is 9.47 Å². The summed E-state index contributed by atoms with van der Waals surface area (Å²) in [6, 6.07) is 12.5. The van der Waals surface area contributed by atoms with E-state index in [9.17, 15) is 28.0 Å². The third kappa shape index (κ3) is 8.88. The van der Waals surface area contributed by atoms with Crippen LogP contribution < -0.4 is 20.9 Å². The van der Waals surface area contributed by atoms with E-state index in [1.165, 1.54) is 34.8 Å². The number of likely N-dealkylation sites (N-methyl/N-ethyl adjacent to an activating group) is 1. The highest BCUT2D eigenvalue weighted by Crippen LogP contribution is 2.27. The van der Waals surface area contributed by atoms with Crippen LogP contribution in [0.1, 0.15) is 24.1 Å². The number of amides is 3. The Morgan fingerprint density at radius 1 is 1.09 bits per heavy atom. The Balaban J connectivity index is 1.47. The summed E-state index contributed by atoms with van der Waals surface area (Å²) < 4.78 is 39.4. The maximum absolute atomic E-state index is 14.1. The van der Waals surface area contributed by atoms with Crippen LogP contribution in [0.25, 0.3) is 10.9 Å². The van der Waals surface area contributed by atoms with Crippen molar-refractivity contribution in [3.63, 3.8) is 0 Å². The molecular formula is C33H35F2N5O6. The number of benzene rings is 2. The molecule has 0 unspecified atom stereocenters. The lowest BCUT2D eigenvalue weighted by Crippen LogP contribution is -2.45. The first-order chi connectivity index (χ1) is 22.0. The molecule has 0 radical (unpaired) electrons. The number of aromatic nitrogens is 2. The van der Waals surface area contributed by atoms with Crippen molar-refractivity contribution in [2.24, 2.45) is 0 Å². The fourth-order valence-corrected chi connectivity index (χ4v) is 4.58. The summed E-state index contributed by atoms with van der Waals surface area (Å²) in [5, 5.41) is 6.01. The number of carbonyl (C=O) groups is 3. The van der Waals surface area contributed by atoms with Gasteiger partial charge in [0.05, 0.1) is 12.1 Å². The Morgan fingerprint density at radius 2 is 1.89 bits per heavy atom. The van der Waals surface area contributed by atoms with Gasteiger partial charge in [0.2, 0.25) is 17.7 Å². The third-order valence-corrected chi connectivity index (χ3v) is 6.94. The number of nitrogens with zero attached hydrogens (tertiary/aromatic N) is 2. The fraction of sp³-hybridized carbons (Fsp3) is 0.273. The second-order valence-electron chi connectivity index (χ2n) is 10.6. The molecule has 0 aliphatic rings. The van der Waals surface area contributed by atoms with Gasteiger partial charge < -0.3 is 34.6 Å². The van der Waals surface area contributed by atoms with Gasteiger partial charge in [-0.1, -0.05) is 18.2 Å². The molecule has 242 valence electrons. The van der Waals surface area contributed by atoms with E-state index in [2.05, 4.69) is 15.6 Å². The van der Waals surface area contributed by atoms with E-state index >= 15 is 0 Å². The van der Waals surface area contributed by atoms with Gasteiger partial charge in [-0.2, -0.15) is 0 Å². The molecule has 2 aromatic heterocycles. The number of H-pyrrole nitrogens is 1. The molecule has 2 heterocycles. The van der Waals surface area contributed by atoms with Gasteiger partial charge in [0, 0.05) is 50.1 Å². The number of anilines is 1. The van der Waals surface area contributed by atoms with Gasteiger partial charge in [-0.15, -0.1) is 0 Å². The molecule has 13 heteroatoms. The van der Waals surface area contributed by atoms with E-state index in [1.54, 1.807) is 44.6 Å². The van der Waals surface area contributed by atoms with Crippen molar-refractivity contribution in [1.29, 1.82) is 0 Å². The van der Waals surface area contributed by atoms with Crippen LogP contribution in [-0.2, 0) is 32.3 Å². The van der Waals surface area contributed by atoms with Crippen molar-refractivity contribution < 1.29 is 32.6 Å². The smallest absolute Gasteiger partial charge is 0.274 e. The summed E-state index contributed by atoms with van der Waals surface area (Å²) >= 11 is 0. The first-order valence-electron chi connectivity index (χ1n) is 14.4. The number of fused-ring (bicyclic) bond motifs is 1. The van der Waals surface area contributed by atoms with Crippen LogP contribution in [0.4, 0.5) is 14.5 Å². The van der Waals surface area contributed by atoms with E-state index in [0.717, 1.165) is 17.5 Å². The number of ether oxygens (including phenoxy) is 2. The maximum Gasteiger partial charge on any atom is 0.274 e. The largest absolute Gasteiger partial charge is 0.487 e. The number of hydrogen-bond donors (Lipinski definition) is 3. The highest BCUT2D eigenvalue weighted by atomic mass is 19.1. The molecule has 1 atom stereocenters. The number of para-hydroxylation sites is 1. The summed E-state index contributed by atoms with van der Waals surface area (Å²) in [5.74, 6) is -2.25. The second-order valence-corrected chi connectivity index (χ2v) is 10.6. The van der Waals surface area contributed by atoms with E-state index in [-0.39, 0.29) is 43.3 Å². The molecule has 0 spiro atoms. The van der Waals surface area contributed by atoms with E-state index in [0.29, 0.717) is 23.4 Å². The molecule has 11 nitrogen and oxygen atoms in total. The van der Waals surface area contributed by atoms with Crippen molar-refractivity contribution in [1.82, 2.24) is 19.8 Å². The first-order valence-corrected chi connectivity index (χ1v) is 14.4. The number of allylic oxidation sites excluding steroid dienone is 1. The minimum Gasteiger partial charge on any atom is -0.487 e. The summed E-state index contributed by atoms with van der Waals surface area (Å²) in [5.41, 5.74) is 1.03. The third-order valence-electron chi connectivity index (χ3n) is 6.94. The highest BCUT2D eigenvalue weighted by Gasteiger charge is 2.21. The number of nitrogens with one attached hydrogen (secondary N) is 3. The number of rotatable bonds is 14. The second kappa shape index (κ2) is 15.6. The Hall–Kier alpha value is -5.30. The van der Waals surface area contributed by atoms with Gasteiger partial charge in [0.15, 0.2) is 0 Å². The molecule has 3 amide bonds. The minimum absolute atomic E-state index is 0.0123. The summed E-state index contributed by atoms with van der Waals surface area (Å²) in [4.78, 5) is 55.2. The normalized spacial score (nSPS) is 11.8. The Bertz CT molecular complexity index is 1800. The molecule has 0 fully saturated rings. The minimum atomic E-state index is -0.995. The average molecular weight is 636 g/mol. The number of aromatic amines is 1. The zero-order valence-electron chi connectivity index (χ0n) is 25.6. The monoisotopic (exact) mass is 635 g/mol. The van der Waals surface area contributed by atoms with Gasteiger partial charge in [0.25, 0.3) is 5.56 Å². The summed E-state index contributed by atoms with van der Waals surface area (Å²) in [6.07, 6.45) is 5.05. The quantitative estimate of drug-likeness (QED) is 0.181. The van der Waals surface area contributed by atoms with Crippen LogP contribution in [0.2, 0.25) is 0 Å². The lowest BCUT2D eigenvalue weighted by Gasteiger charge is -2.18. The number of carbonyl (C=O) groups excluding carboxylic acids is 3. The van der Waals surface area contributed by atoms with Crippen LogP contribution in [0.5, 0.6) is 5.75 Å². The molecule has 0 aliphatic heterocycles. The molecule has 0 aliphatic carbocycles. The van der Waals surface area contributed by atoms with Crippen LogP contribution in [0.15, 0.2) is 77.7 Å².